The fraction of sp³-hybridized carbons (Fsp3) is 0.294. The second kappa shape index (κ2) is 8.59. The molecule has 8 heteroatoms. The lowest BCUT2D eigenvalue weighted by Crippen LogP contribution is -2.34. The van der Waals surface area contributed by atoms with Gasteiger partial charge in [0.1, 0.15) is 0 Å². The van der Waals surface area contributed by atoms with E-state index in [-0.39, 0.29) is 17.5 Å². The van der Waals surface area contributed by atoms with Crippen LogP contribution < -0.4 is 10.0 Å². The number of amides is 2. The zero-order valence-corrected chi connectivity index (χ0v) is 15.1. The van der Waals surface area contributed by atoms with Gasteiger partial charge in [0.25, 0.3) is 0 Å². The Morgan fingerprint density at radius 1 is 1.08 bits per heavy atom. The minimum atomic E-state index is -3.64. The zero-order chi connectivity index (χ0) is 18.3. The Bertz CT molecular complexity index is 788. The average Bonchev–Trinajstić information content (AvgIpc) is 2.62. The summed E-state index contributed by atoms with van der Waals surface area (Å²) in [4.78, 5) is 17.8. The lowest BCUT2D eigenvalue weighted by molar-refractivity contribution is 0.217. The number of urea groups is 1. The molecule has 0 fully saturated rings. The largest absolute Gasteiger partial charge is 0.325 e. The van der Waals surface area contributed by atoms with Gasteiger partial charge in [-0.2, -0.15) is 0 Å². The number of anilines is 1. The summed E-state index contributed by atoms with van der Waals surface area (Å²) in [6, 6.07) is 11.1. The number of hydrogen-bond donors (Lipinski definition) is 2. The van der Waals surface area contributed by atoms with E-state index in [9.17, 15) is 13.2 Å². The Morgan fingerprint density at radius 3 is 2.32 bits per heavy atom. The van der Waals surface area contributed by atoms with Crippen LogP contribution in [-0.4, -0.2) is 37.4 Å². The zero-order valence-electron chi connectivity index (χ0n) is 14.3. The third-order valence-electron chi connectivity index (χ3n) is 3.64. The van der Waals surface area contributed by atoms with Crippen molar-refractivity contribution in [2.75, 3.05) is 18.4 Å². The summed E-state index contributed by atoms with van der Waals surface area (Å²) in [5, 5.41) is 2.74. The Hall–Kier alpha value is -2.45. The molecule has 0 bridgehead atoms. The summed E-state index contributed by atoms with van der Waals surface area (Å²) in [5.74, 6) is 0. The molecule has 0 spiro atoms. The third kappa shape index (κ3) is 5.27. The maximum absolute atomic E-state index is 12.3. The number of hydrogen-bond acceptors (Lipinski definition) is 4. The summed E-state index contributed by atoms with van der Waals surface area (Å²) < 4.78 is 27.1. The SMILES string of the molecule is CCN(CC)C(=O)Nc1ccc(S(=O)(=O)NCc2ccccn2)cc1. The van der Waals surface area contributed by atoms with Crippen molar-refractivity contribution in [3.8, 4) is 0 Å². The maximum atomic E-state index is 12.3. The number of carbonyl (C=O) groups is 1. The molecule has 1 heterocycles. The van der Waals surface area contributed by atoms with Crippen molar-refractivity contribution >= 4 is 21.7 Å². The highest BCUT2D eigenvalue weighted by Crippen LogP contribution is 2.15. The predicted octanol–water partition coefficient (Wildman–Crippen LogP) is 2.43. The molecule has 2 N–H and O–H groups in total. The fourth-order valence-electron chi connectivity index (χ4n) is 2.19. The first-order valence-electron chi connectivity index (χ1n) is 8.01. The van der Waals surface area contributed by atoms with Crippen LogP contribution in [0.3, 0.4) is 0 Å². The molecule has 25 heavy (non-hydrogen) atoms. The highest BCUT2D eigenvalue weighted by atomic mass is 32.2. The quantitative estimate of drug-likeness (QED) is 0.791. The summed E-state index contributed by atoms with van der Waals surface area (Å²) >= 11 is 0. The number of rotatable bonds is 7. The van der Waals surface area contributed by atoms with Crippen molar-refractivity contribution in [1.82, 2.24) is 14.6 Å². The first-order chi connectivity index (χ1) is 12.0. The van der Waals surface area contributed by atoms with Crippen LogP contribution in [0, 0.1) is 0 Å². The van der Waals surface area contributed by atoms with Crippen LogP contribution in [0.25, 0.3) is 0 Å². The number of nitrogens with one attached hydrogen (secondary N) is 2. The van der Waals surface area contributed by atoms with Crippen molar-refractivity contribution in [1.29, 1.82) is 0 Å². The minimum absolute atomic E-state index is 0.115. The lowest BCUT2D eigenvalue weighted by atomic mass is 10.3. The van der Waals surface area contributed by atoms with Crippen molar-refractivity contribution < 1.29 is 13.2 Å². The molecule has 0 aliphatic rings. The number of aromatic nitrogens is 1. The van der Waals surface area contributed by atoms with E-state index in [0.29, 0.717) is 24.5 Å². The van der Waals surface area contributed by atoms with Crippen LogP contribution in [0.15, 0.2) is 53.6 Å². The summed E-state index contributed by atoms with van der Waals surface area (Å²) in [5.41, 5.74) is 1.18. The normalized spacial score (nSPS) is 11.1. The number of sulfonamides is 1. The van der Waals surface area contributed by atoms with E-state index in [1.807, 2.05) is 13.8 Å². The molecule has 1 aromatic carbocycles. The second-order valence-corrected chi connectivity index (χ2v) is 7.04. The monoisotopic (exact) mass is 362 g/mol. The van der Waals surface area contributed by atoms with Crippen LogP contribution in [0.1, 0.15) is 19.5 Å². The highest BCUT2D eigenvalue weighted by Gasteiger charge is 2.15. The molecule has 2 amide bonds. The Morgan fingerprint density at radius 2 is 1.76 bits per heavy atom. The number of nitrogens with zero attached hydrogens (tertiary/aromatic N) is 2. The topological polar surface area (TPSA) is 91.4 Å². The second-order valence-electron chi connectivity index (χ2n) is 5.27. The van der Waals surface area contributed by atoms with Crippen molar-refractivity contribution in [3.05, 3.63) is 54.4 Å². The molecule has 0 aliphatic carbocycles. The van der Waals surface area contributed by atoms with Gasteiger partial charge in [-0.05, 0) is 50.2 Å². The van der Waals surface area contributed by atoms with Crippen LogP contribution in [0.5, 0.6) is 0 Å². The molecule has 134 valence electrons. The average molecular weight is 362 g/mol. The van der Waals surface area contributed by atoms with Gasteiger partial charge in [-0.1, -0.05) is 6.07 Å². The van der Waals surface area contributed by atoms with Crippen LogP contribution in [0.4, 0.5) is 10.5 Å². The van der Waals surface area contributed by atoms with Crippen LogP contribution in [0.2, 0.25) is 0 Å². The fourth-order valence-corrected chi connectivity index (χ4v) is 3.18. The first kappa shape index (κ1) is 18.9. The summed E-state index contributed by atoms with van der Waals surface area (Å²) in [6.45, 7) is 5.11. The molecule has 0 aliphatic heterocycles. The molecule has 1 aromatic heterocycles. The number of benzene rings is 1. The van der Waals surface area contributed by atoms with Gasteiger partial charge >= 0.3 is 6.03 Å². The van der Waals surface area contributed by atoms with E-state index in [1.165, 1.54) is 12.1 Å². The summed E-state index contributed by atoms with van der Waals surface area (Å²) in [7, 11) is -3.64. The Labute approximate surface area is 148 Å². The van der Waals surface area contributed by atoms with E-state index in [0.717, 1.165) is 0 Å². The van der Waals surface area contributed by atoms with Gasteiger partial charge in [0.05, 0.1) is 17.1 Å². The van der Waals surface area contributed by atoms with Crippen molar-refractivity contribution in [2.45, 2.75) is 25.3 Å². The van der Waals surface area contributed by atoms with Crippen LogP contribution >= 0.6 is 0 Å². The van der Waals surface area contributed by atoms with E-state index in [4.69, 9.17) is 0 Å². The standard InChI is InChI=1S/C17H22N4O3S/c1-3-21(4-2)17(22)20-14-8-10-16(11-9-14)25(23,24)19-13-15-7-5-6-12-18-15/h5-12,19H,3-4,13H2,1-2H3,(H,20,22). The van der Waals surface area contributed by atoms with Gasteiger partial charge in [0.15, 0.2) is 0 Å². The van der Waals surface area contributed by atoms with Crippen LogP contribution in [-0.2, 0) is 16.6 Å². The molecule has 0 atom stereocenters. The van der Waals surface area contributed by atoms with Gasteiger partial charge < -0.3 is 10.2 Å². The van der Waals surface area contributed by atoms with Crippen molar-refractivity contribution in [3.63, 3.8) is 0 Å². The Balaban J connectivity index is 2.01. The molecule has 0 radical (unpaired) electrons. The molecule has 7 nitrogen and oxygen atoms in total. The van der Waals surface area contributed by atoms with E-state index in [2.05, 4.69) is 15.0 Å². The molecule has 2 rings (SSSR count). The lowest BCUT2D eigenvalue weighted by Gasteiger charge is -2.19. The van der Waals surface area contributed by atoms with Gasteiger partial charge in [0.2, 0.25) is 10.0 Å². The Kier molecular flexibility index (Phi) is 6.49. The van der Waals surface area contributed by atoms with Gasteiger partial charge in [-0.15, -0.1) is 0 Å². The van der Waals surface area contributed by atoms with Gasteiger partial charge in [0, 0.05) is 25.0 Å². The number of carbonyl (C=O) groups excluding carboxylic acids is 1. The predicted molar refractivity (Wildman–Crippen MR) is 96.6 cm³/mol. The summed E-state index contributed by atoms with van der Waals surface area (Å²) in [6.07, 6.45) is 1.61. The van der Waals surface area contributed by atoms with Gasteiger partial charge in [-0.3, -0.25) is 4.98 Å². The number of pyridine rings is 1. The van der Waals surface area contributed by atoms with Gasteiger partial charge in [-0.25, -0.2) is 17.9 Å². The first-order valence-corrected chi connectivity index (χ1v) is 9.50. The molecular weight excluding hydrogens is 340 g/mol. The van der Waals surface area contributed by atoms with E-state index < -0.39 is 10.0 Å². The molecule has 0 saturated carbocycles. The molecule has 0 unspecified atom stereocenters. The maximum Gasteiger partial charge on any atom is 0.321 e. The molecule has 0 saturated heterocycles. The highest BCUT2D eigenvalue weighted by molar-refractivity contribution is 7.89. The molecule has 2 aromatic rings. The van der Waals surface area contributed by atoms with E-state index >= 15 is 0 Å². The smallest absolute Gasteiger partial charge is 0.321 e. The third-order valence-corrected chi connectivity index (χ3v) is 5.05. The van der Waals surface area contributed by atoms with E-state index in [1.54, 1.807) is 41.4 Å². The van der Waals surface area contributed by atoms with Crippen molar-refractivity contribution in [2.24, 2.45) is 0 Å². The molecular formula is C17H22N4O3S. The minimum Gasteiger partial charge on any atom is -0.325 e.